The van der Waals surface area contributed by atoms with Gasteiger partial charge in [-0.15, -0.1) is 11.3 Å². The zero-order chi connectivity index (χ0) is 16.2. The number of aryl methyl sites for hydroxylation is 2. The molecule has 1 unspecified atom stereocenters. The second-order valence-corrected chi connectivity index (χ2v) is 7.16. The van der Waals surface area contributed by atoms with E-state index in [1.807, 2.05) is 0 Å². The van der Waals surface area contributed by atoms with E-state index in [1.165, 1.54) is 35.3 Å². The fourth-order valence-electron chi connectivity index (χ4n) is 3.01. The number of guanidine groups is 1. The molecule has 3 N–H and O–H groups in total. The van der Waals surface area contributed by atoms with Crippen LogP contribution in [0.2, 0.25) is 0 Å². The molecule has 1 aromatic heterocycles. The molecule has 1 atom stereocenters. The van der Waals surface area contributed by atoms with E-state index in [9.17, 15) is 0 Å². The number of likely N-dealkylation sites (N-methyl/N-ethyl adjacent to an activating group) is 1. The van der Waals surface area contributed by atoms with Crippen LogP contribution in [0, 0.1) is 0 Å². The third kappa shape index (κ3) is 3.92. The highest BCUT2D eigenvalue weighted by Crippen LogP contribution is 2.25. The lowest BCUT2D eigenvalue weighted by atomic mass is 10.1. The number of anilines is 1. The highest BCUT2D eigenvalue weighted by atomic mass is 32.1. The maximum absolute atomic E-state index is 6.08. The minimum atomic E-state index is 0.260. The van der Waals surface area contributed by atoms with Crippen LogP contribution >= 0.6 is 11.3 Å². The molecule has 3 rings (SSSR count). The fraction of sp³-hybridized carbons (Fsp3) is 0.389. The molecule has 1 aliphatic rings. The van der Waals surface area contributed by atoms with Crippen LogP contribution in [0.3, 0.4) is 0 Å². The van der Waals surface area contributed by atoms with Gasteiger partial charge in [0.1, 0.15) is 0 Å². The Kier molecular flexibility index (Phi) is 4.98. The molecule has 0 amide bonds. The standard InChI is InChI=1S/C18H24N4S/c1-22(2)16(17-7-4-10-23-17)12-20-18(19)21-15-9-8-13-5-3-6-14(13)11-15/h4,7-11,16H,3,5-6,12H2,1-2H3,(H3,19,20,21). The molecule has 1 aliphatic carbocycles. The highest BCUT2D eigenvalue weighted by Gasteiger charge is 2.15. The zero-order valence-electron chi connectivity index (χ0n) is 13.7. The van der Waals surface area contributed by atoms with Gasteiger partial charge in [0.15, 0.2) is 5.96 Å². The van der Waals surface area contributed by atoms with Crippen molar-refractivity contribution in [2.75, 3.05) is 26.0 Å². The van der Waals surface area contributed by atoms with Crippen LogP contribution in [-0.2, 0) is 12.8 Å². The van der Waals surface area contributed by atoms with Crippen molar-refractivity contribution in [3.05, 3.63) is 51.7 Å². The van der Waals surface area contributed by atoms with Crippen LogP contribution < -0.4 is 11.1 Å². The molecule has 122 valence electrons. The van der Waals surface area contributed by atoms with Gasteiger partial charge in [-0.1, -0.05) is 12.1 Å². The molecule has 0 radical (unpaired) electrons. The van der Waals surface area contributed by atoms with Gasteiger partial charge >= 0.3 is 0 Å². The molecule has 1 aromatic carbocycles. The first-order chi connectivity index (χ1) is 11.1. The smallest absolute Gasteiger partial charge is 0.193 e. The molecule has 0 saturated heterocycles. The third-order valence-corrected chi connectivity index (χ3v) is 5.27. The Labute approximate surface area is 142 Å². The van der Waals surface area contributed by atoms with Gasteiger partial charge in [-0.3, -0.25) is 4.99 Å². The molecular weight excluding hydrogens is 304 g/mol. The van der Waals surface area contributed by atoms with Gasteiger partial charge in [0.25, 0.3) is 0 Å². The Morgan fingerprint density at radius 2 is 2.13 bits per heavy atom. The monoisotopic (exact) mass is 328 g/mol. The second-order valence-electron chi connectivity index (χ2n) is 6.18. The molecule has 0 saturated carbocycles. The Morgan fingerprint density at radius 3 is 2.87 bits per heavy atom. The number of aliphatic imine (C=N–C) groups is 1. The van der Waals surface area contributed by atoms with E-state index in [0.717, 1.165) is 5.69 Å². The maximum atomic E-state index is 6.08. The van der Waals surface area contributed by atoms with E-state index in [-0.39, 0.29) is 6.04 Å². The minimum Gasteiger partial charge on any atom is -0.370 e. The first kappa shape index (κ1) is 16.0. The average Bonchev–Trinajstić information content (AvgIpc) is 3.17. The van der Waals surface area contributed by atoms with Gasteiger partial charge in [-0.25, -0.2) is 0 Å². The van der Waals surface area contributed by atoms with Crippen molar-refractivity contribution in [2.24, 2.45) is 10.7 Å². The van der Waals surface area contributed by atoms with Crippen LogP contribution in [0.25, 0.3) is 0 Å². The molecule has 0 aliphatic heterocycles. The van der Waals surface area contributed by atoms with Gasteiger partial charge in [0, 0.05) is 10.6 Å². The van der Waals surface area contributed by atoms with Crippen LogP contribution in [0.4, 0.5) is 5.69 Å². The summed E-state index contributed by atoms with van der Waals surface area (Å²) >= 11 is 1.76. The van der Waals surface area contributed by atoms with Crippen LogP contribution in [0.15, 0.2) is 40.7 Å². The minimum absolute atomic E-state index is 0.260. The van der Waals surface area contributed by atoms with E-state index in [2.05, 4.69) is 65.0 Å². The predicted molar refractivity (Wildman–Crippen MR) is 99.3 cm³/mol. The number of benzene rings is 1. The summed E-state index contributed by atoms with van der Waals surface area (Å²) in [6, 6.07) is 11.0. The van der Waals surface area contributed by atoms with Crippen molar-refractivity contribution in [1.29, 1.82) is 0 Å². The molecule has 5 heteroatoms. The summed E-state index contributed by atoms with van der Waals surface area (Å²) in [5, 5.41) is 5.32. The molecule has 0 bridgehead atoms. The third-order valence-electron chi connectivity index (χ3n) is 4.30. The van der Waals surface area contributed by atoms with Crippen LogP contribution in [0.1, 0.15) is 28.5 Å². The van der Waals surface area contributed by atoms with Crippen molar-refractivity contribution in [2.45, 2.75) is 25.3 Å². The number of nitrogens with one attached hydrogen (secondary N) is 1. The van der Waals surface area contributed by atoms with E-state index < -0.39 is 0 Å². The van der Waals surface area contributed by atoms with Crippen LogP contribution in [0.5, 0.6) is 0 Å². The summed E-state index contributed by atoms with van der Waals surface area (Å²) in [6.45, 7) is 0.650. The topological polar surface area (TPSA) is 53.6 Å². The van der Waals surface area contributed by atoms with E-state index in [4.69, 9.17) is 5.73 Å². The number of hydrogen-bond donors (Lipinski definition) is 2. The predicted octanol–water partition coefficient (Wildman–Crippen LogP) is 3.27. The summed E-state index contributed by atoms with van der Waals surface area (Å²) in [6.07, 6.45) is 3.63. The van der Waals surface area contributed by atoms with Gasteiger partial charge in [0.2, 0.25) is 0 Å². The van der Waals surface area contributed by atoms with Crippen LogP contribution in [-0.4, -0.2) is 31.5 Å². The second kappa shape index (κ2) is 7.15. The van der Waals surface area contributed by atoms with Gasteiger partial charge in [-0.05, 0) is 68.1 Å². The van der Waals surface area contributed by atoms with Crippen molar-refractivity contribution in [1.82, 2.24) is 4.90 Å². The number of nitrogens with zero attached hydrogens (tertiary/aromatic N) is 2. The number of fused-ring (bicyclic) bond motifs is 1. The number of rotatable bonds is 5. The summed E-state index contributed by atoms with van der Waals surface area (Å²) < 4.78 is 0. The molecule has 0 fully saturated rings. The summed E-state index contributed by atoms with van der Waals surface area (Å²) in [7, 11) is 4.15. The molecule has 4 nitrogen and oxygen atoms in total. The van der Waals surface area contributed by atoms with E-state index >= 15 is 0 Å². The Bertz CT molecular complexity index is 676. The largest absolute Gasteiger partial charge is 0.370 e. The first-order valence-corrected chi connectivity index (χ1v) is 8.90. The Morgan fingerprint density at radius 1 is 1.30 bits per heavy atom. The van der Waals surface area contributed by atoms with Crippen molar-refractivity contribution >= 4 is 23.0 Å². The van der Waals surface area contributed by atoms with Crippen molar-refractivity contribution in [3.8, 4) is 0 Å². The summed E-state index contributed by atoms with van der Waals surface area (Å²) in [5.74, 6) is 0.478. The maximum Gasteiger partial charge on any atom is 0.193 e. The number of nitrogens with two attached hydrogens (primary N) is 1. The molecular formula is C18H24N4S. The van der Waals surface area contributed by atoms with Gasteiger partial charge in [0.05, 0.1) is 12.6 Å². The highest BCUT2D eigenvalue weighted by molar-refractivity contribution is 7.10. The first-order valence-electron chi connectivity index (χ1n) is 8.02. The Balaban J connectivity index is 1.65. The molecule has 0 spiro atoms. The summed E-state index contributed by atoms with van der Waals surface area (Å²) in [5.41, 5.74) is 10.0. The summed E-state index contributed by atoms with van der Waals surface area (Å²) in [4.78, 5) is 8.03. The lowest BCUT2D eigenvalue weighted by molar-refractivity contribution is 0.311. The Hall–Kier alpha value is -1.85. The normalized spacial score (nSPS) is 15.7. The zero-order valence-corrected chi connectivity index (χ0v) is 14.6. The SMILES string of the molecule is CN(C)C(CN=C(N)Nc1ccc2c(c1)CCC2)c1cccs1. The van der Waals surface area contributed by atoms with E-state index in [0.29, 0.717) is 12.5 Å². The lowest BCUT2D eigenvalue weighted by Gasteiger charge is -2.21. The molecule has 2 aromatic rings. The van der Waals surface area contributed by atoms with Gasteiger partial charge in [-0.2, -0.15) is 0 Å². The fourth-order valence-corrected chi connectivity index (χ4v) is 3.92. The van der Waals surface area contributed by atoms with Gasteiger partial charge < -0.3 is 16.0 Å². The quantitative estimate of drug-likeness (QED) is 0.654. The molecule has 1 heterocycles. The number of hydrogen-bond acceptors (Lipinski definition) is 3. The van der Waals surface area contributed by atoms with E-state index in [1.54, 1.807) is 11.3 Å². The number of thiophene rings is 1. The average molecular weight is 328 g/mol. The van der Waals surface area contributed by atoms with Crippen molar-refractivity contribution < 1.29 is 0 Å². The molecule has 23 heavy (non-hydrogen) atoms. The van der Waals surface area contributed by atoms with Crippen molar-refractivity contribution in [3.63, 3.8) is 0 Å². The lowest BCUT2D eigenvalue weighted by Crippen LogP contribution is -2.27.